The van der Waals surface area contributed by atoms with E-state index >= 15 is 0 Å². The zero-order valence-electron chi connectivity index (χ0n) is 14.9. The Balaban J connectivity index is 1.77. The summed E-state index contributed by atoms with van der Waals surface area (Å²) < 4.78 is 28.0. The van der Waals surface area contributed by atoms with Crippen LogP contribution in [-0.2, 0) is 0 Å². The number of nitrogens with one attached hydrogen (secondary N) is 2. The van der Waals surface area contributed by atoms with Gasteiger partial charge in [0.15, 0.2) is 5.82 Å². The summed E-state index contributed by atoms with van der Waals surface area (Å²) in [6.07, 6.45) is 0. The summed E-state index contributed by atoms with van der Waals surface area (Å²) in [5, 5.41) is 6.60. The van der Waals surface area contributed by atoms with Crippen molar-refractivity contribution in [1.29, 1.82) is 0 Å². The van der Waals surface area contributed by atoms with Crippen LogP contribution in [0.1, 0.15) is 12.5 Å². The molecule has 0 atom stereocenters. The molecule has 1 aliphatic heterocycles. The first-order valence-electron chi connectivity index (χ1n) is 8.52. The van der Waals surface area contributed by atoms with Crippen molar-refractivity contribution < 1.29 is 8.78 Å². The summed E-state index contributed by atoms with van der Waals surface area (Å²) >= 11 is 6.24. The van der Waals surface area contributed by atoms with Crippen LogP contribution in [0.15, 0.2) is 48.0 Å². The largest absolute Gasteiger partial charge is 0.384 e. The van der Waals surface area contributed by atoms with E-state index in [9.17, 15) is 8.78 Å². The quantitative estimate of drug-likeness (QED) is 0.582. The molecule has 3 aromatic rings. The lowest BCUT2D eigenvalue weighted by molar-refractivity contribution is 0.584. The molecular formula is C20H16ClF2N5. The molecule has 1 aromatic heterocycles. The molecule has 0 radical (unpaired) electrons. The van der Waals surface area contributed by atoms with Crippen molar-refractivity contribution in [2.45, 2.75) is 6.92 Å². The van der Waals surface area contributed by atoms with Gasteiger partial charge in [0.05, 0.1) is 10.7 Å². The van der Waals surface area contributed by atoms with Crippen LogP contribution < -0.4 is 16.4 Å². The van der Waals surface area contributed by atoms with E-state index in [-0.39, 0.29) is 11.5 Å². The topological polar surface area (TPSA) is 75.9 Å². The van der Waals surface area contributed by atoms with Crippen molar-refractivity contribution in [2.75, 3.05) is 22.9 Å². The first-order chi connectivity index (χ1) is 13.4. The Morgan fingerprint density at radius 2 is 1.89 bits per heavy atom. The van der Waals surface area contributed by atoms with Gasteiger partial charge >= 0.3 is 0 Å². The number of rotatable bonds is 3. The molecule has 0 aliphatic carbocycles. The summed E-state index contributed by atoms with van der Waals surface area (Å²) in [5.41, 5.74) is 8.64. The Labute approximate surface area is 165 Å². The van der Waals surface area contributed by atoms with Gasteiger partial charge in [-0.1, -0.05) is 23.7 Å². The maximum absolute atomic E-state index is 14.2. The summed E-state index contributed by atoms with van der Waals surface area (Å²) in [6, 6.07) is 10.8. The molecular weight excluding hydrogens is 384 g/mol. The predicted octanol–water partition coefficient (Wildman–Crippen LogP) is 4.93. The molecule has 5 nitrogen and oxygen atoms in total. The van der Waals surface area contributed by atoms with Crippen LogP contribution >= 0.6 is 11.6 Å². The number of aromatic nitrogens is 2. The van der Waals surface area contributed by atoms with Gasteiger partial charge < -0.3 is 16.4 Å². The van der Waals surface area contributed by atoms with E-state index in [0.717, 1.165) is 11.6 Å². The van der Waals surface area contributed by atoms with Crippen molar-refractivity contribution in [2.24, 2.45) is 0 Å². The molecule has 8 heteroatoms. The van der Waals surface area contributed by atoms with Crippen LogP contribution in [0.2, 0.25) is 5.02 Å². The van der Waals surface area contributed by atoms with Crippen LogP contribution in [0.5, 0.6) is 0 Å². The summed E-state index contributed by atoms with van der Waals surface area (Å²) in [6.45, 7) is 2.27. The Bertz CT molecular complexity index is 1110. The van der Waals surface area contributed by atoms with E-state index in [0.29, 0.717) is 40.0 Å². The molecule has 4 N–H and O–H groups in total. The first-order valence-corrected chi connectivity index (χ1v) is 8.89. The average Bonchev–Trinajstić information content (AvgIpc) is 2.64. The lowest BCUT2D eigenvalue weighted by atomic mass is 10.0. The van der Waals surface area contributed by atoms with E-state index in [1.165, 1.54) is 6.07 Å². The fourth-order valence-corrected chi connectivity index (χ4v) is 3.31. The van der Waals surface area contributed by atoms with Crippen LogP contribution in [0.25, 0.3) is 17.1 Å². The number of fused-ring (bicyclic) bond motifs is 1. The second-order valence-electron chi connectivity index (χ2n) is 6.43. The molecule has 0 spiro atoms. The highest BCUT2D eigenvalue weighted by Gasteiger charge is 2.22. The Kier molecular flexibility index (Phi) is 4.60. The minimum Gasteiger partial charge on any atom is -0.384 e. The van der Waals surface area contributed by atoms with Crippen molar-refractivity contribution in [3.63, 3.8) is 0 Å². The van der Waals surface area contributed by atoms with E-state index < -0.39 is 11.6 Å². The van der Waals surface area contributed by atoms with Gasteiger partial charge in [0.25, 0.3) is 0 Å². The molecule has 0 unspecified atom stereocenters. The number of halogens is 3. The number of nitrogens with zero attached hydrogens (tertiary/aromatic N) is 2. The van der Waals surface area contributed by atoms with Crippen LogP contribution in [0.4, 0.5) is 26.1 Å². The Hall–Kier alpha value is -3.19. The average molecular weight is 400 g/mol. The van der Waals surface area contributed by atoms with Gasteiger partial charge in [-0.05, 0) is 30.7 Å². The van der Waals surface area contributed by atoms with Gasteiger partial charge in [-0.15, -0.1) is 0 Å². The van der Waals surface area contributed by atoms with Gasteiger partial charge in [0.2, 0.25) is 0 Å². The Morgan fingerprint density at radius 1 is 1.11 bits per heavy atom. The van der Waals surface area contributed by atoms with Gasteiger partial charge in [-0.3, -0.25) is 0 Å². The Morgan fingerprint density at radius 3 is 2.68 bits per heavy atom. The first kappa shape index (κ1) is 18.2. The van der Waals surface area contributed by atoms with Crippen molar-refractivity contribution in [3.05, 3.63) is 70.3 Å². The number of nitrogens with two attached hydrogens (primary N) is 1. The molecule has 142 valence electrons. The molecule has 0 saturated carbocycles. The minimum absolute atomic E-state index is 0.239. The molecule has 0 amide bonds. The number of hydrogen-bond donors (Lipinski definition) is 3. The minimum atomic E-state index is -0.661. The van der Waals surface area contributed by atoms with Gasteiger partial charge in [0.1, 0.15) is 23.3 Å². The smallest absolute Gasteiger partial charge is 0.165 e. The molecule has 1 aliphatic rings. The van der Waals surface area contributed by atoms with Gasteiger partial charge in [0, 0.05) is 35.5 Å². The molecule has 28 heavy (non-hydrogen) atoms. The standard InChI is InChI=1S/C20H16ClF2N5/c1-10-9-25-19-13(6-11(22)7-15(19)23)18(10)27-17-8-16(24)26-20(28-17)12-4-2-3-5-14(12)21/h2-8,25H,9H2,1H3,(H3,24,26,27,28). The van der Waals surface area contributed by atoms with E-state index in [1.807, 2.05) is 13.0 Å². The van der Waals surface area contributed by atoms with Gasteiger partial charge in [-0.25, -0.2) is 18.7 Å². The van der Waals surface area contributed by atoms with Crippen LogP contribution in [-0.4, -0.2) is 16.5 Å². The van der Waals surface area contributed by atoms with Crippen molar-refractivity contribution in [1.82, 2.24) is 9.97 Å². The second-order valence-corrected chi connectivity index (χ2v) is 6.83. The second kappa shape index (κ2) is 7.09. The van der Waals surface area contributed by atoms with Gasteiger partial charge in [-0.2, -0.15) is 0 Å². The lowest BCUT2D eigenvalue weighted by Crippen LogP contribution is -2.18. The third kappa shape index (κ3) is 3.36. The van der Waals surface area contributed by atoms with E-state index in [1.54, 1.807) is 24.3 Å². The molecule has 4 rings (SSSR count). The fourth-order valence-electron chi connectivity index (χ4n) is 3.08. The number of nitrogen functional groups attached to an aromatic ring is 1. The predicted molar refractivity (Wildman–Crippen MR) is 108 cm³/mol. The van der Waals surface area contributed by atoms with E-state index in [4.69, 9.17) is 17.3 Å². The molecule has 0 bridgehead atoms. The maximum Gasteiger partial charge on any atom is 0.165 e. The SMILES string of the molecule is CC1=C(Nc2cc(N)nc(-c3ccccc3Cl)n2)c2cc(F)cc(F)c2NC1. The highest BCUT2D eigenvalue weighted by Crippen LogP contribution is 2.35. The number of benzene rings is 2. The van der Waals surface area contributed by atoms with Crippen LogP contribution in [0, 0.1) is 11.6 Å². The fraction of sp³-hybridized carbons (Fsp3) is 0.100. The summed E-state index contributed by atoms with van der Waals surface area (Å²) in [4.78, 5) is 8.73. The summed E-state index contributed by atoms with van der Waals surface area (Å²) in [5.74, 6) is -0.322. The normalized spacial score (nSPS) is 13.1. The van der Waals surface area contributed by atoms with Crippen molar-refractivity contribution >= 4 is 34.6 Å². The third-order valence-electron chi connectivity index (χ3n) is 4.40. The zero-order valence-corrected chi connectivity index (χ0v) is 15.6. The number of anilines is 3. The van der Waals surface area contributed by atoms with Crippen molar-refractivity contribution in [3.8, 4) is 11.4 Å². The molecule has 0 saturated heterocycles. The monoisotopic (exact) mass is 399 g/mol. The zero-order chi connectivity index (χ0) is 19.8. The maximum atomic E-state index is 14.2. The summed E-state index contributed by atoms with van der Waals surface area (Å²) in [7, 11) is 0. The molecule has 2 aromatic carbocycles. The number of hydrogen-bond acceptors (Lipinski definition) is 5. The molecule has 0 fully saturated rings. The lowest BCUT2D eigenvalue weighted by Gasteiger charge is -2.24. The third-order valence-corrected chi connectivity index (χ3v) is 4.72. The molecule has 2 heterocycles. The highest BCUT2D eigenvalue weighted by molar-refractivity contribution is 6.33. The highest BCUT2D eigenvalue weighted by atomic mass is 35.5. The van der Waals surface area contributed by atoms with E-state index in [2.05, 4.69) is 20.6 Å². The van der Waals surface area contributed by atoms with Crippen LogP contribution in [0.3, 0.4) is 0 Å².